The second-order valence-electron chi connectivity index (χ2n) is 8.37. The van der Waals surface area contributed by atoms with Crippen LogP contribution < -0.4 is 25.2 Å². The van der Waals surface area contributed by atoms with Gasteiger partial charge in [-0.1, -0.05) is 0 Å². The molecular weight excluding hydrogens is 487 g/mol. The van der Waals surface area contributed by atoms with Crippen LogP contribution >= 0.6 is 0 Å². The Balaban J connectivity index is 1.51. The smallest absolute Gasteiger partial charge is 0.408 e. The van der Waals surface area contributed by atoms with Gasteiger partial charge in [0.1, 0.15) is 24.4 Å². The average Bonchev–Trinajstić information content (AvgIpc) is 3.26. The number of nitrogens with zero attached hydrogens (tertiary/aromatic N) is 5. The van der Waals surface area contributed by atoms with Gasteiger partial charge in [0, 0.05) is 19.2 Å². The predicted octanol–water partition coefficient (Wildman–Crippen LogP) is 0.915. The van der Waals surface area contributed by atoms with Crippen molar-refractivity contribution in [3.8, 4) is 5.88 Å². The Morgan fingerprint density at radius 3 is 2.69 bits per heavy atom. The molecule has 0 spiro atoms. The first-order chi connectivity index (χ1) is 17.1. The van der Waals surface area contributed by atoms with Gasteiger partial charge in [-0.3, -0.25) is 15.0 Å². The van der Waals surface area contributed by atoms with Gasteiger partial charge in [-0.25, -0.2) is 9.78 Å². The van der Waals surface area contributed by atoms with Crippen LogP contribution in [0.4, 0.5) is 35.3 Å². The molecule has 0 aliphatic carbocycles. The van der Waals surface area contributed by atoms with Crippen LogP contribution in [0, 0.1) is 0 Å². The average molecular weight is 511 g/mol. The SMILES string of the molecule is C[C@@H](NC(=O)c1ccc2c(n1)N(C(=O)Nc1ccc(OC[C@@H](O)CO)nn1)[C@H]1CCN2C1)C(F)(F)F. The van der Waals surface area contributed by atoms with Crippen molar-refractivity contribution < 1.29 is 37.7 Å². The summed E-state index contributed by atoms with van der Waals surface area (Å²) in [7, 11) is 0. The van der Waals surface area contributed by atoms with Crippen LogP contribution in [-0.4, -0.2) is 88.0 Å². The third-order valence-electron chi connectivity index (χ3n) is 5.75. The molecular formula is C21H24F3N7O5. The molecule has 2 aromatic rings. The summed E-state index contributed by atoms with van der Waals surface area (Å²) >= 11 is 0. The fourth-order valence-corrected chi connectivity index (χ4v) is 3.82. The molecule has 0 saturated carbocycles. The maximum absolute atomic E-state index is 13.2. The van der Waals surface area contributed by atoms with E-state index in [2.05, 4.69) is 20.5 Å². The van der Waals surface area contributed by atoms with E-state index in [4.69, 9.17) is 9.84 Å². The number of carbonyl (C=O) groups is 2. The maximum Gasteiger partial charge on any atom is 0.408 e. The number of nitrogens with one attached hydrogen (secondary N) is 2. The topological polar surface area (TPSA) is 153 Å². The summed E-state index contributed by atoms with van der Waals surface area (Å²) in [5.74, 6) is -0.700. The zero-order chi connectivity index (χ0) is 26.0. The number of aliphatic hydroxyl groups is 2. The molecule has 0 unspecified atom stereocenters. The first kappa shape index (κ1) is 25.4. The van der Waals surface area contributed by atoms with E-state index in [1.165, 1.54) is 23.1 Å². The molecule has 2 bridgehead atoms. The van der Waals surface area contributed by atoms with Gasteiger partial charge in [-0.2, -0.15) is 13.2 Å². The molecule has 1 fully saturated rings. The highest BCUT2D eigenvalue weighted by molar-refractivity contribution is 6.05. The maximum atomic E-state index is 13.2. The third-order valence-corrected chi connectivity index (χ3v) is 5.75. The fraction of sp³-hybridized carbons (Fsp3) is 0.476. The molecule has 0 radical (unpaired) electrons. The van der Waals surface area contributed by atoms with Gasteiger partial charge in [0.2, 0.25) is 5.88 Å². The van der Waals surface area contributed by atoms with Crippen molar-refractivity contribution in [1.29, 1.82) is 0 Å². The normalized spacial score (nSPS) is 18.3. The van der Waals surface area contributed by atoms with Gasteiger partial charge in [0.05, 0.1) is 18.3 Å². The molecule has 2 aromatic heterocycles. The van der Waals surface area contributed by atoms with Crippen LogP contribution in [0.2, 0.25) is 0 Å². The third kappa shape index (κ3) is 5.41. The van der Waals surface area contributed by atoms with Gasteiger partial charge in [0.25, 0.3) is 5.91 Å². The number of pyridine rings is 1. The first-order valence-electron chi connectivity index (χ1n) is 11.1. The standard InChI is InChI=1S/C21H24F3N7O5/c1-11(21(22,23)24)25-19(34)14-2-3-15-18(26-14)31(12-6-7-30(15)8-12)20(35)27-16-4-5-17(29-28-16)36-10-13(33)9-32/h2-5,11-13,32-33H,6-10H2,1H3,(H,25,34)(H,27,28,35)/t11-,12+,13+/m1/s1. The number of aliphatic hydroxyl groups excluding tert-OH is 2. The van der Waals surface area contributed by atoms with Crippen molar-refractivity contribution in [1.82, 2.24) is 20.5 Å². The second-order valence-corrected chi connectivity index (χ2v) is 8.37. The van der Waals surface area contributed by atoms with E-state index in [-0.39, 0.29) is 35.9 Å². The lowest BCUT2D eigenvalue weighted by molar-refractivity contribution is -0.149. The first-order valence-corrected chi connectivity index (χ1v) is 11.1. The Kier molecular flexibility index (Phi) is 7.12. The van der Waals surface area contributed by atoms with E-state index < -0.39 is 36.9 Å². The Morgan fingerprint density at radius 1 is 1.25 bits per heavy atom. The van der Waals surface area contributed by atoms with Crippen molar-refractivity contribution in [2.75, 3.05) is 41.4 Å². The molecule has 4 N–H and O–H groups in total. The van der Waals surface area contributed by atoms with Crippen LogP contribution in [0.1, 0.15) is 23.8 Å². The van der Waals surface area contributed by atoms with E-state index in [0.29, 0.717) is 25.2 Å². The van der Waals surface area contributed by atoms with Gasteiger partial charge in [0.15, 0.2) is 11.6 Å². The van der Waals surface area contributed by atoms with Crippen LogP contribution in [0.3, 0.4) is 0 Å². The van der Waals surface area contributed by atoms with Gasteiger partial charge >= 0.3 is 12.2 Å². The van der Waals surface area contributed by atoms with E-state index in [0.717, 1.165) is 6.92 Å². The number of alkyl halides is 3. The number of fused-ring (bicyclic) bond motifs is 4. The number of urea groups is 1. The fourth-order valence-electron chi connectivity index (χ4n) is 3.82. The van der Waals surface area contributed by atoms with Crippen molar-refractivity contribution >= 4 is 29.3 Å². The minimum absolute atomic E-state index is 0.0701. The Bertz CT molecular complexity index is 1120. The van der Waals surface area contributed by atoms with Gasteiger partial charge in [-0.15, -0.1) is 10.2 Å². The molecule has 36 heavy (non-hydrogen) atoms. The summed E-state index contributed by atoms with van der Waals surface area (Å²) in [5, 5.41) is 30.3. The lowest BCUT2D eigenvalue weighted by Crippen LogP contribution is -2.49. The van der Waals surface area contributed by atoms with Crippen molar-refractivity contribution in [2.45, 2.75) is 37.7 Å². The number of amides is 3. The molecule has 15 heteroatoms. The van der Waals surface area contributed by atoms with Gasteiger partial charge in [-0.05, 0) is 31.5 Å². The molecule has 3 atom stereocenters. The van der Waals surface area contributed by atoms with Crippen LogP contribution in [0.15, 0.2) is 24.3 Å². The monoisotopic (exact) mass is 511 g/mol. The largest absolute Gasteiger partial charge is 0.474 e. The second kappa shape index (κ2) is 10.1. The highest BCUT2D eigenvalue weighted by Crippen LogP contribution is 2.39. The Labute approximate surface area is 203 Å². The summed E-state index contributed by atoms with van der Waals surface area (Å²) in [6.45, 7) is 1.34. The number of hydrogen-bond donors (Lipinski definition) is 4. The number of carbonyl (C=O) groups excluding carboxylic acids is 2. The molecule has 1 saturated heterocycles. The minimum atomic E-state index is -4.61. The lowest BCUT2D eigenvalue weighted by Gasteiger charge is -2.35. The number of halogens is 3. The van der Waals surface area contributed by atoms with Crippen LogP contribution in [-0.2, 0) is 0 Å². The summed E-state index contributed by atoms with van der Waals surface area (Å²) in [6.07, 6.45) is -5.06. The van der Waals surface area contributed by atoms with Crippen LogP contribution in [0.5, 0.6) is 5.88 Å². The number of anilines is 3. The van der Waals surface area contributed by atoms with E-state index in [1.54, 1.807) is 6.07 Å². The number of hydrogen-bond acceptors (Lipinski definition) is 9. The number of ether oxygens (including phenoxy) is 1. The Morgan fingerprint density at radius 2 is 2.03 bits per heavy atom. The van der Waals surface area contributed by atoms with E-state index in [1.807, 2.05) is 10.2 Å². The van der Waals surface area contributed by atoms with Crippen LogP contribution in [0.25, 0.3) is 0 Å². The quantitative estimate of drug-likeness (QED) is 0.425. The summed E-state index contributed by atoms with van der Waals surface area (Å²) < 4.78 is 43.8. The number of rotatable bonds is 7. The molecule has 12 nitrogen and oxygen atoms in total. The molecule has 3 amide bonds. The Hall–Kier alpha value is -3.72. The summed E-state index contributed by atoms with van der Waals surface area (Å²) in [6, 6.07) is 2.78. The predicted molar refractivity (Wildman–Crippen MR) is 120 cm³/mol. The highest BCUT2D eigenvalue weighted by Gasteiger charge is 2.41. The van der Waals surface area contributed by atoms with Crippen molar-refractivity contribution in [2.24, 2.45) is 0 Å². The zero-order valence-corrected chi connectivity index (χ0v) is 19.1. The molecule has 0 aromatic carbocycles. The van der Waals surface area contributed by atoms with Crippen molar-refractivity contribution in [3.05, 3.63) is 30.0 Å². The molecule has 2 aliphatic heterocycles. The highest BCUT2D eigenvalue weighted by atomic mass is 19.4. The summed E-state index contributed by atoms with van der Waals surface area (Å²) in [4.78, 5) is 33.2. The van der Waals surface area contributed by atoms with E-state index >= 15 is 0 Å². The molecule has 4 rings (SSSR count). The molecule has 194 valence electrons. The van der Waals surface area contributed by atoms with Gasteiger partial charge < -0.3 is 25.2 Å². The lowest BCUT2D eigenvalue weighted by atomic mass is 10.1. The van der Waals surface area contributed by atoms with Crippen molar-refractivity contribution in [3.63, 3.8) is 0 Å². The molecule has 2 aliphatic rings. The minimum Gasteiger partial charge on any atom is -0.474 e. The zero-order valence-electron chi connectivity index (χ0n) is 19.1. The van der Waals surface area contributed by atoms with E-state index in [9.17, 15) is 27.9 Å². The summed E-state index contributed by atoms with van der Waals surface area (Å²) in [5.41, 5.74) is 0.327. The number of aromatic nitrogens is 3. The molecule has 4 heterocycles.